The van der Waals surface area contributed by atoms with Crippen molar-refractivity contribution in [2.75, 3.05) is 6.54 Å². The molecule has 150 valence electrons. The molecule has 0 unspecified atom stereocenters. The van der Waals surface area contributed by atoms with Crippen molar-refractivity contribution in [2.24, 2.45) is 0 Å². The van der Waals surface area contributed by atoms with E-state index in [2.05, 4.69) is 20.6 Å². The van der Waals surface area contributed by atoms with Gasteiger partial charge in [0.15, 0.2) is 0 Å². The van der Waals surface area contributed by atoms with Crippen molar-refractivity contribution in [3.63, 3.8) is 0 Å². The van der Waals surface area contributed by atoms with Gasteiger partial charge in [-0.2, -0.15) is 0 Å². The van der Waals surface area contributed by atoms with Crippen molar-refractivity contribution in [3.8, 4) is 0 Å². The van der Waals surface area contributed by atoms with Crippen LogP contribution < -0.4 is 16.2 Å². The number of carbonyl (C=O) groups is 2. The third-order valence-electron chi connectivity index (χ3n) is 4.55. The summed E-state index contributed by atoms with van der Waals surface area (Å²) in [6.45, 7) is 2.80. The van der Waals surface area contributed by atoms with Gasteiger partial charge in [0.05, 0.1) is 17.2 Å². The van der Waals surface area contributed by atoms with Crippen LogP contribution in [0.3, 0.4) is 0 Å². The van der Waals surface area contributed by atoms with Gasteiger partial charge in [0.25, 0.3) is 5.56 Å². The van der Waals surface area contributed by atoms with Crippen LogP contribution in [-0.4, -0.2) is 32.9 Å². The zero-order valence-electron chi connectivity index (χ0n) is 16.2. The number of rotatable bonds is 8. The lowest BCUT2D eigenvalue weighted by Gasteiger charge is -2.09. The molecule has 2 aromatic heterocycles. The first-order valence-corrected chi connectivity index (χ1v) is 9.41. The van der Waals surface area contributed by atoms with Gasteiger partial charge in [-0.15, -0.1) is 0 Å². The number of fused-ring (bicyclic) bond motifs is 1. The number of aromatic nitrogens is 3. The van der Waals surface area contributed by atoms with E-state index in [0.717, 1.165) is 11.1 Å². The SMILES string of the molecule is Cc1cccc2c(=O)n(CCC(=O)NCCC(=O)NCc3ccncc3)cnc12. The molecule has 2 heterocycles. The highest BCUT2D eigenvalue weighted by Gasteiger charge is 2.08. The van der Waals surface area contributed by atoms with Gasteiger partial charge in [-0.3, -0.25) is 23.9 Å². The summed E-state index contributed by atoms with van der Waals surface area (Å²) >= 11 is 0. The molecule has 8 nitrogen and oxygen atoms in total. The highest BCUT2D eigenvalue weighted by atomic mass is 16.2. The van der Waals surface area contributed by atoms with Crippen LogP contribution in [0.1, 0.15) is 24.0 Å². The fourth-order valence-electron chi connectivity index (χ4n) is 2.91. The summed E-state index contributed by atoms with van der Waals surface area (Å²) in [5.74, 6) is -0.365. The van der Waals surface area contributed by atoms with Crippen LogP contribution in [0.2, 0.25) is 0 Å². The molecule has 0 saturated carbocycles. The lowest BCUT2D eigenvalue weighted by Crippen LogP contribution is -2.31. The topological polar surface area (TPSA) is 106 Å². The van der Waals surface area contributed by atoms with Crippen molar-refractivity contribution < 1.29 is 9.59 Å². The highest BCUT2D eigenvalue weighted by molar-refractivity contribution is 5.81. The van der Waals surface area contributed by atoms with Crippen molar-refractivity contribution in [1.29, 1.82) is 0 Å². The Morgan fingerprint density at radius 1 is 1.03 bits per heavy atom. The summed E-state index contributed by atoms with van der Waals surface area (Å²) in [4.78, 5) is 44.6. The molecule has 2 N–H and O–H groups in total. The zero-order chi connectivity index (χ0) is 20.6. The number of aryl methyl sites for hydroxylation is 2. The molecule has 3 aromatic rings. The Morgan fingerprint density at radius 3 is 2.59 bits per heavy atom. The van der Waals surface area contributed by atoms with Crippen LogP contribution in [0.4, 0.5) is 0 Å². The fraction of sp³-hybridized carbons (Fsp3) is 0.286. The third-order valence-corrected chi connectivity index (χ3v) is 4.55. The molecule has 3 rings (SSSR count). The fourth-order valence-corrected chi connectivity index (χ4v) is 2.91. The number of carbonyl (C=O) groups excluding carboxylic acids is 2. The highest BCUT2D eigenvalue weighted by Crippen LogP contribution is 2.11. The van der Waals surface area contributed by atoms with Crippen LogP contribution >= 0.6 is 0 Å². The smallest absolute Gasteiger partial charge is 0.261 e. The number of amides is 2. The average Bonchev–Trinajstić information content (AvgIpc) is 2.73. The number of nitrogens with one attached hydrogen (secondary N) is 2. The molecule has 1 aromatic carbocycles. The van der Waals surface area contributed by atoms with Gasteiger partial charge in [-0.25, -0.2) is 4.98 Å². The lowest BCUT2D eigenvalue weighted by molar-refractivity contribution is -0.122. The van der Waals surface area contributed by atoms with Gasteiger partial charge < -0.3 is 10.6 Å². The predicted molar refractivity (Wildman–Crippen MR) is 109 cm³/mol. The van der Waals surface area contributed by atoms with E-state index < -0.39 is 0 Å². The van der Waals surface area contributed by atoms with Crippen molar-refractivity contribution in [2.45, 2.75) is 32.9 Å². The second-order valence-electron chi connectivity index (χ2n) is 6.70. The van der Waals surface area contributed by atoms with Crippen LogP contribution in [0.15, 0.2) is 53.8 Å². The summed E-state index contributed by atoms with van der Waals surface area (Å²) in [7, 11) is 0. The monoisotopic (exact) mass is 393 g/mol. The maximum atomic E-state index is 12.5. The van der Waals surface area contributed by atoms with Gasteiger partial charge in [-0.1, -0.05) is 12.1 Å². The van der Waals surface area contributed by atoms with E-state index in [9.17, 15) is 14.4 Å². The molecule has 0 bridgehead atoms. The van der Waals surface area contributed by atoms with Crippen LogP contribution in [-0.2, 0) is 22.7 Å². The first kappa shape index (κ1) is 20.2. The number of para-hydroxylation sites is 1. The van der Waals surface area contributed by atoms with E-state index in [4.69, 9.17) is 0 Å². The molecule has 0 atom stereocenters. The normalized spacial score (nSPS) is 10.7. The lowest BCUT2D eigenvalue weighted by atomic mass is 10.1. The first-order valence-electron chi connectivity index (χ1n) is 9.41. The molecule has 0 spiro atoms. The molecule has 0 aliphatic rings. The van der Waals surface area contributed by atoms with E-state index >= 15 is 0 Å². The number of hydrogen-bond donors (Lipinski definition) is 2. The maximum absolute atomic E-state index is 12.5. The van der Waals surface area contributed by atoms with Crippen molar-refractivity contribution in [1.82, 2.24) is 25.2 Å². The number of hydrogen-bond acceptors (Lipinski definition) is 5. The van der Waals surface area contributed by atoms with Gasteiger partial charge in [0, 0.05) is 44.9 Å². The minimum absolute atomic E-state index is 0.136. The van der Waals surface area contributed by atoms with Crippen molar-refractivity contribution >= 4 is 22.7 Å². The number of pyridine rings is 1. The molecule has 0 fully saturated rings. The zero-order valence-corrected chi connectivity index (χ0v) is 16.2. The predicted octanol–water partition coefficient (Wildman–Crippen LogP) is 1.31. The van der Waals surface area contributed by atoms with Crippen LogP contribution in [0.5, 0.6) is 0 Å². The summed E-state index contributed by atoms with van der Waals surface area (Å²) < 4.78 is 1.43. The quantitative estimate of drug-likeness (QED) is 0.600. The number of benzene rings is 1. The largest absolute Gasteiger partial charge is 0.356 e. The molecule has 0 saturated heterocycles. The molecule has 0 radical (unpaired) electrons. The third kappa shape index (κ3) is 5.47. The molecule has 2 amide bonds. The minimum atomic E-state index is -0.219. The number of nitrogens with zero attached hydrogens (tertiary/aromatic N) is 3. The van der Waals surface area contributed by atoms with Gasteiger partial charge in [-0.05, 0) is 36.2 Å². The standard InChI is InChI=1S/C21H23N5O3/c1-15-3-2-4-17-20(15)25-14-26(21(17)29)12-8-19(28)23-11-7-18(27)24-13-16-5-9-22-10-6-16/h2-6,9-10,14H,7-8,11-13H2,1H3,(H,23,28)(H,24,27). The van der Waals surface area contributed by atoms with E-state index in [1.165, 1.54) is 10.9 Å². The van der Waals surface area contributed by atoms with E-state index in [0.29, 0.717) is 17.4 Å². The average molecular weight is 393 g/mol. The van der Waals surface area contributed by atoms with Gasteiger partial charge in [0.2, 0.25) is 11.8 Å². The Bertz CT molecular complexity index is 1060. The Morgan fingerprint density at radius 2 is 1.79 bits per heavy atom. The van der Waals surface area contributed by atoms with E-state index in [-0.39, 0.29) is 43.3 Å². The summed E-state index contributed by atoms with van der Waals surface area (Å²) in [5, 5.41) is 6.03. The minimum Gasteiger partial charge on any atom is -0.356 e. The Kier molecular flexibility index (Phi) is 6.67. The molecule has 0 aliphatic carbocycles. The summed E-state index contributed by atoms with van der Waals surface area (Å²) in [6.07, 6.45) is 5.13. The van der Waals surface area contributed by atoms with E-state index in [1.54, 1.807) is 18.5 Å². The second-order valence-corrected chi connectivity index (χ2v) is 6.70. The van der Waals surface area contributed by atoms with Crippen LogP contribution in [0, 0.1) is 6.92 Å². The summed E-state index contributed by atoms with van der Waals surface area (Å²) in [6, 6.07) is 9.11. The Labute approximate surface area is 168 Å². The molecular formula is C21H23N5O3. The summed E-state index contributed by atoms with van der Waals surface area (Å²) in [5.41, 5.74) is 2.41. The van der Waals surface area contributed by atoms with E-state index in [1.807, 2.05) is 31.2 Å². The molecule has 29 heavy (non-hydrogen) atoms. The van der Waals surface area contributed by atoms with Gasteiger partial charge >= 0.3 is 0 Å². The van der Waals surface area contributed by atoms with Gasteiger partial charge in [0.1, 0.15) is 0 Å². The second kappa shape index (κ2) is 9.59. The molecular weight excluding hydrogens is 370 g/mol. The first-order chi connectivity index (χ1) is 14.0. The van der Waals surface area contributed by atoms with Crippen molar-refractivity contribution in [3.05, 3.63) is 70.5 Å². The maximum Gasteiger partial charge on any atom is 0.261 e. The molecule has 0 aliphatic heterocycles. The Hall–Kier alpha value is -3.55. The Balaban J connectivity index is 1.42. The molecule has 8 heteroatoms. The van der Waals surface area contributed by atoms with Crippen LogP contribution in [0.25, 0.3) is 10.9 Å².